The molecule has 8 heteroatoms. The molecule has 88 valence electrons. The Kier molecular flexibility index (Phi) is 5.49. The Labute approximate surface area is 89.2 Å². The van der Waals surface area contributed by atoms with Gasteiger partial charge in [-0.3, -0.25) is 9.12 Å². The van der Waals surface area contributed by atoms with Gasteiger partial charge < -0.3 is 9.05 Å². The highest BCUT2D eigenvalue weighted by molar-refractivity contribution is 7.86. The van der Waals surface area contributed by atoms with Gasteiger partial charge in [-0.25, -0.2) is 0 Å². The molecule has 0 aromatic carbocycles. The third kappa shape index (κ3) is 4.78. The van der Waals surface area contributed by atoms with E-state index in [1.807, 2.05) is 0 Å². The molecule has 0 aliphatic heterocycles. The van der Waals surface area contributed by atoms with Crippen LogP contribution in [0.3, 0.4) is 0 Å². The van der Waals surface area contributed by atoms with Crippen molar-refractivity contribution in [2.24, 2.45) is 0 Å². The molecule has 15 heavy (non-hydrogen) atoms. The van der Waals surface area contributed by atoms with Gasteiger partial charge in [0, 0.05) is 14.2 Å². The van der Waals surface area contributed by atoms with Gasteiger partial charge >= 0.3 is 7.60 Å². The van der Waals surface area contributed by atoms with Crippen molar-refractivity contribution in [2.75, 3.05) is 20.0 Å². The SMILES string of the molecule is CC#CC(CS(=O)(=O)O)P(=O)(OC)OC. The van der Waals surface area contributed by atoms with Crippen LogP contribution in [0.15, 0.2) is 0 Å². The number of hydrogen-bond donors (Lipinski definition) is 1. The van der Waals surface area contributed by atoms with Crippen molar-refractivity contribution >= 4 is 17.7 Å². The van der Waals surface area contributed by atoms with Crippen LogP contribution in [0.25, 0.3) is 0 Å². The first-order valence-electron chi connectivity index (χ1n) is 3.87. The molecule has 6 nitrogen and oxygen atoms in total. The van der Waals surface area contributed by atoms with E-state index >= 15 is 0 Å². The van der Waals surface area contributed by atoms with Gasteiger partial charge in [0.2, 0.25) is 0 Å². The van der Waals surface area contributed by atoms with Crippen LogP contribution in [0, 0.1) is 11.8 Å². The monoisotopic (exact) mass is 256 g/mol. The third-order valence-electron chi connectivity index (χ3n) is 1.57. The maximum atomic E-state index is 11.8. The van der Waals surface area contributed by atoms with Crippen LogP contribution in [0.5, 0.6) is 0 Å². The van der Waals surface area contributed by atoms with Crippen molar-refractivity contribution in [3.05, 3.63) is 0 Å². The predicted octanol–water partition coefficient (Wildman–Crippen LogP) is 0.752. The lowest BCUT2D eigenvalue weighted by Crippen LogP contribution is -2.20. The summed E-state index contributed by atoms with van der Waals surface area (Å²) >= 11 is 0. The van der Waals surface area contributed by atoms with E-state index in [0.29, 0.717) is 0 Å². The average molecular weight is 256 g/mol. The second-order valence-electron chi connectivity index (χ2n) is 2.56. The lowest BCUT2D eigenvalue weighted by molar-refractivity contribution is 0.272. The van der Waals surface area contributed by atoms with Crippen LogP contribution in [-0.4, -0.2) is 38.6 Å². The van der Waals surface area contributed by atoms with Crippen LogP contribution < -0.4 is 0 Å². The largest absolute Gasteiger partial charge is 0.346 e. The van der Waals surface area contributed by atoms with Crippen molar-refractivity contribution in [2.45, 2.75) is 12.6 Å². The Bertz CT molecular complexity index is 395. The van der Waals surface area contributed by atoms with E-state index in [4.69, 9.17) is 4.55 Å². The minimum Gasteiger partial charge on any atom is -0.311 e. The fraction of sp³-hybridized carbons (Fsp3) is 0.714. The summed E-state index contributed by atoms with van der Waals surface area (Å²) in [7, 11) is -5.65. The minimum atomic E-state index is -4.28. The van der Waals surface area contributed by atoms with Gasteiger partial charge in [0.25, 0.3) is 10.1 Å². The topological polar surface area (TPSA) is 89.9 Å². The molecule has 0 aromatic heterocycles. The first-order valence-corrected chi connectivity index (χ1v) is 7.09. The summed E-state index contributed by atoms with van der Waals surface area (Å²) in [6.45, 7) is 1.45. The fourth-order valence-corrected chi connectivity index (χ4v) is 3.63. The molecular weight excluding hydrogens is 243 g/mol. The Morgan fingerprint density at radius 1 is 1.40 bits per heavy atom. The first-order chi connectivity index (χ1) is 6.79. The van der Waals surface area contributed by atoms with Crippen molar-refractivity contribution in [1.29, 1.82) is 0 Å². The summed E-state index contributed by atoms with van der Waals surface area (Å²) in [6.07, 6.45) is 0. The molecular formula is C7H13O6PS. The molecule has 0 aliphatic carbocycles. The molecule has 0 radical (unpaired) electrons. The smallest absolute Gasteiger partial charge is 0.311 e. The zero-order valence-corrected chi connectivity index (χ0v) is 10.3. The van der Waals surface area contributed by atoms with Gasteiger partial charge in [-0.05, 0) is 6.92 Å². The van der Waals surface area contributed by atoms with Crippen molar-refractivity contribution in [3.8, 4) is 11.8 Å². The zero-order valence-electron chi connectivity index (χ0n) is 8.63. The Balaban J connectivity index is 5.12. The molecule has 0 amide bonds. The fourth-order valence-electron chi connectivity index (χ4n) is 0.907. The minimum absolute atomic E-state index is 0.785. The van der Waals surface area contributed by atoms with Gasteiger partial charge in [0.15, 0.2) is 0 Å². The van der Waals surface area contributed by atoms with Crippen LogP contribution >= 0.6 is 7.60 Å². The van der Waals surface area contributed by atoms with Crippen LogP contribution in [0.4, 0.5) is 0 Å². The molecule has 0 heterocycles. The molecule has 0 rings (SSSR count). The summed E-state index contributed by atoms with van der Waals surface area (Å²) in [5.74, 6) is 4.00. The molecule has 0 aromatic rings. The van der Waals surface area contributed by atoms with E-state index in [9.17, 15) is 13.0 Å². The number of hydrogen-bond acceptors (Lipinski definition) is 5. The molecule has 0 saturated carbocycles. The normalized spacial score (nSPS) is 14.1. The summed E-state index contributed by atoms with van der Waals surface area (Å²) in [6, 6.07) is 0. The standard InChI is InChI=1S/C7H13O6PS/c1-4-5-7(6-15(9,10)11)14(8,12-2)13-3/h7H,6H2,1-3H3,(H,9,10,11). The molecule has 0 fully saturated rings. The third-order valence-corrected chi connectivity index (χ3v) is 4.66. The molecule has 0 aliphatic rings. The highest BCUT2D eigenvalue weighted by Gasteiger charge is 2.35. The first kappa shape index (κ1) is 14.6. The van der Waals surface area contributed by atoms with Crippen LogP contribution in [0.1, 0.15) is 6.92 Å². The molecule has 0 bridgehead atoms. The molecule has 0 saturated heterocycles. The summed E-state index contributed by atoms with van der Waals surface area (Å²) in [5, 5.41) is 0. The summed E-state index contributed by atoms with van der Waals surface area (Å²) in [5.41, 5.74) is -1.19. The van der Waals surface area contributed by atoms with E-state index in [2.05, 4.69) is 20.9 Å². The van der Waals surface area contributed by atoms with Gasteiger partial charge in [0.05, 0.1) is 0 Å². The van der Waals surface area contributed by atoms with Crippen molar-refractivity contribution in [1.82, 2.24) is 0 Å². The van der Waals surface area contributed by atoms with E-state index < -0.39 is 29.1 Å². The van der Waals surface area contributed by atoms with Crippen LogP contribution in [0.2, 0.25) is 0 Å². The zero-order chi connectivity index (χ0) is 12.1. The van der Waals surface area contributed by atoms with Crippen molar-refractivity contribution < 1.29 is 26.6 Å². The summed E-state index contributed by atoms with van der Waals surface area (Å²) in [4.78, 5) is 0. The maximum absolute atomic E-state index is 11.8. The molecule has 1 N–H and O–H groups in total. The quantitative estimate of drug-likeness (QED) is 0.443. The van der Waals surface area contributed by atoms with E-state index in [1.165, 1.54) is 6.92 Å². The molecule has 1 atom stereocenters. The highest BCUT2D eigenvalue weighted by Crippen LogP contribution is 2.51. The second-order valence-corrected chi connectivity index (χ2v) is 6.49. The van der Waals surface area contributed by atoms with Crippen LogP contribution in [-0.2, 0) is 23.7 Å². The molecule has 1 unspecified atom stereocenters. The predicted molar refractivity (Wildman–Crippen MR) is 55.3 cm³/mol. The van der Waals surface area contributed by atoms with Gasteiger partial charge in [-0.2, -0.15) is 8.42 Å². The van der Waals surface area contributed by atoms with E-state index in [-0.39, 0.29) is 0 Å². The van der Waals surface area contributed by atoms with Gasteiger partial charge in [-0.1, -0.05) is 5.92 Å². The van der Waals surface area contributed by atoms with E-state index in [0.717, 1.165) is 14.2 Å². The maximum Gasteiger partial charge on any atom is 0.346 e. The second kappa shape index (κ2) is 5.64. The van der Waals surface area contributed by atoms with E-state index in [1.54, 1.807) is 0 Å². The average Bonchev–Trinajstić information content (AvgIpc) is 2.14. The molecule has 0 spiro atoms. The highest BCUT2D eigenvalue weighted by atomic mass is 32.2. The van der Waals surface area contributed by atoms with Crippen molar-refractivity contribution in [3.63, 3.8) is 0 Å². The van der Waals surface area contributed by atoms with Gasteiger partial charge in [0.1, 0.15) is 11.4 Å². The Hall–Kier alpha value is -0.380. The van der Waals surface area contributed by atoms with Gasteiger partial charge in [-0.15, -0.1) is 5.92 Å². The lowest BCUT2D eigenvalue weighted by Gasteiger charge is -2.18. The lowest BCUT2D eigenvalue weighted by atomic mass is 10.5. The summed E-state index contributed by atoms with van der Waals surface area (Å²) < 4.78 is 50.9. The Morgan fingerprint density at radius 3 is 2.13 bits per heavy atom. The number of rotatable bonds is 5. The Morgan fingerprint density at radius 2 is 1.87 bits per heavy atom.